The second-order valence-corrected chi connectivity index (χ2v) is 9.36. The van der Waals surface area contributed by atoms with Gasteiger partial charge in [-0.25, -0.2) is 4.98 Å². The van der Waals surface area contributed by atoms with Gasteiger partial charge in [0.15, 0.2) is 16.7 Å². The van der Waals surface area contributed by atoms with Crippen LogP contribution < -0.4 is 4.90 Å². The molecule has 0 spiro atoms. The summed E-state index contributed by atoms with van der Waals surface area (Å²) in [7, 11) is 0. The number of hydrogen-bond acceptors (Lipinski definition) is 10. The number of nitrogens with zero attached hydrogens (tertiary/aromatic N) is 3. The van der Waals surface area contributed by atoms with Crippen molar-refractivity contribution >= 4 is 45.6 Å². The van der Waals surface area contributed by atoms with Gasteiger partial charge in [0.25, 0.3) is 11.6 Å². The highest BCUT2D eigenvalue weighted by atomic mass is 32.2. The Kier molecular flexibility index (Phi) is 5.51. The molecule has 5 rings (SSSR count). The molecule has 0 bridgehead atoms. The number of aromatic nitrogens is 1. The minimum atomic E-state index is -1.04. The van der Waals surface area contributed by atoms with Crippen molar-refractivity contribution in [1.29, 1.82) is 0 Å². The molecule has 0 saturated carbocycles. The number of Topliss-reactive ketones (excluding diaryl/α,β-unsaturated/α-hetero) is 1. The minimum absolute atomic E-state index is 0.0198. The van der Waals surface area contributed by atoms with Gasteiger partial charge in [-0.2, -0.15) is 0 Å². The SMILES string of the molecule is O=C(C1=C(O)C(=O)N(c2ncc(Sc3ccc([N+](=O)[O-])cc3)s2)C1c1ccco1)c1ccco1. The fourth-order valence-corrected chi connectivity index (χ4v) is 5.42. The van der Waals surface area contributed by atoms with E-state index in [1.807, 2.05) is 0 Å². The summed E-state index contributed by atoms with van der Waals surface area (Å²) < 4.78 is 11.4. The number of thiazole rings is 1. The monoisotopic (exact) mass is 495 g/mol. The summed E-state index contributed by atoms with van der Waals surface area (Å²) in [4.78, 5) is 42.8. The predicted octanol–water partition coefficient (Wildman–Crippen LogP) is 5.17. The van der Waals surface area contributed by atoms with Crippen LogP contribution in [0, 0.1) is 10.1 Å². The first-order valence-corrected chi connectivity index (χ1v) is 11.3. The first-order valence-electron chi connectivity index (χ1n) is 9.70. The van der Waals surface area contributed by atoms with Crippen LogP contribution in [0.2, 0.25) is 0 Å². The lowest BCUT2D eigenvalue weighted by Crippen LogP contribution is -2.30. The summed E-state index contributed by atoms with van der Waals surface area (Å²) in [6.45, 7) is 0. The molecule has 1 unspecified atom stereocenters. The van der Waals surface area contributed by atoms with Crippen LogP contribution in [-0.4, -0.2) is 26.7 Å². The molecule has 1 N–H and O–H groups in total. The summed E-state index contributed by atoms with van der Waals surface area (Å²) in [5.74, 6) is -1.90. The molecule has 0 fully saturated rings. The predicted molar refractivity (Wildman–Crippen MR) is 121 cm³/mol. The molecule has 34 heavy (non-hydrogen) atoms. The molecule has 1 aliphatic rings. The standard InChI is InChI=1S/C22H13N3O7S2/c26-19(15-4-2-10-32-15)17-18(14-3-1-9-31-14)24(21(28)20(17)27)22-23-11-16(34-22)33-13-7-5-12(6-8-13)25(29)30/h1-11,18,27H. The average molecular weight is 495 g/mol. The highest BCUT2D eigenvalue weighted by Gasteiger charge is 2.47. The number of nitro benzene ring substituents is 1. The van der Waals surface area contributed by atoms with E-state index in [1.165, 1.54) is 53.5 Å². The normalized spacial score (nSPS) is 15.8. The van der Waals surface area contributed by atoms with Gasteiger partial charge in [-0.3, -0.25) is 24.6 Å². The van der Waals surface area contributed by atoms with Crippen LogP contribution >= 0.6 is 23.1 Å². The maximum atomic E-state index is 13.1. The Bertz CT molecular complexity index is 1410. The Morgan fingerprint density at radius 3 is 2.53 bits per heavy atom. The van der Waals surface area contributed by atoms with Gasteiger partial charge in [-0.15, -0.1) is 0 Å². The smallest absolute Gasteiger partial charge is 0.296 e. The number of carbonyl (C=O) groups excluding carboxylic acids is 2. The van der Waals surface area contributed by atoms with Crippen LogP contribution in [0.3, 0.4) is 0 Å². The minimum Gasteiger partial charge on any atom is -0.503 e. The number of anilines is 1. The molecule has 1 atom stereocenters. The van der Waals surface area contributed by atoms with Gasteiger partial charge >= 0.3 is 0 Å². The van der Waals surface area contributed by atoms with E-state index < -0.39 is 28.4 Å². The fraction of sp³-hybridized carbons (Fsp3) is 0.0455. The average Bonchev–Trinajstić information content (AvgIpc) is 3.63. The summed E-state index contributed by atoms with van der Waals surface area (Å²) >= 11 is 2.47. The molecule has 1 amide bonds. The summed E-state index contributed by atoms with van der Waals surface area (Å²) in [5.41, 5.74) is -0.191. The summed E-state index contributed by atoms with van der Waals surface area (Å²) in [5, 5.41) is 21.7. The third-order valence-electron chi connectivity index (χ3n) is 4.95. The van der Waals surface area contributed by atoms with Crippen LogP contribution in [0.1, 0.15) is 22.4 Å². The van der Waals surface area contributed by atoms with Crippen LogP contribution in [0.25, 0.3) is 0 Å². The van der Waals surface area contributed by atoms with E-state index in [9.17, 15) is 24.8 Å². The molecule has 1 aliphatic heterocycles. The van der Waals surface area contributed by atoms with Gasteiger partial charge in [0.2, 0.25) is 5.78 Å². The van der Waals surface area contributed by atoms with Gasteiger partial charge in [-0.1, -0.05) is 23.1 Å². The van der Waals surface area contributed by atoms with E-state index in [-0.39, 0.29) is 27.9 Å². The van der Waals surface area contributed by atoms with Crippen molar-refractivity contribution < 1.29 is 28.5 Å². The number of amides is 1. The van der Waals surface area contributed by atoms with Crippen molar-refractivity contribution in [3.8, 4) is 0 Å². The zero-order chi connectivity index (χ0) is 23.8. The lowest BCUT2D eigenvalue weighted by atomic mass is 10.00. The van der Waals surface area contributed by atoms with Gasteiger partial charge in [-0.05, 0) is 36.4 Å². The number of aliphatic hydroxyl groups is 1. The van der Waals surface area contributed by atoms with Gasteiger partial charge in [0, 0.05) is 17.0 Å². The Morgan fingerprint density at radius 2 is 1.88 bits per heavy atom. The highest BCUT2D eigenvalue weighted by molar-refractivity contribution is 8.01. The van der Waals surface area contributed by atoms with Crippen molar-refractivity contribution in [3.63, 3.8) is 0 Å². The number of hydrogen-bond donors (Lipinski definition) is 1. The third-order valence-corrected chi connectivity index (χ3v) is 7.06. The van der Waals surface area contributed by atoms with Crippen LogP contribution in [0.4, 0.5) is 10.8 Å². The number of rotatable bonds is 7. The topological polar surface area (TPSA) is 140 Å². The maximum absolute atomic E-state index is 13.1. The first-order chi connectivity index (χ1) is 16.4. The molecule has 0 aliphatic carbocycles. The highest BCUT2D eigenvalue weighted by Crippen LogP contribution is 2.45. The Balaban J connectivity index is 1.47. The molecule has 0 saturated heterocycles. The maximum Gasteiger partial charge on any atom is 0.296 e. The third kappa shape index (κ3) is 3.78. The van der Waals surface area contributed by atoms with Gasteiger partial charge in [0.1, 0.15) is 11.8 Å². The quantitative estimate of drug-likeness (QED) is 0.209. The van der Waals surface area contributed by atoms with Crippen molar-refractivity contribution in [2.75, 3.05) is 4.90 Å². The molecule has 10 nitrogen and oxygen atoms in total. The number of ketones is 1. The van der Waals surface area contributed by atoms with Gasteiger partial charge < -0.3 is 13.9 Å². The number of nitro groups is 1. The van der Waals surface area contributed by atoms with E-state index >= 15 is 0 Å². The van der Waals surface area contributed by atoms with E-state index in [2.05, 4.69) is 4.98 Å². The van der Waals surface area contributed by atoms with Crippen molar-refractivity contribution in [2.24, 2.45) is 0 Å². The van der Waals surface area contributed by atoms with Crippen molar-refractivity contribution in [2.45, 2.75) is 15.1 Å². The van der Waals surface area contributed by atoms with E-state index in [0.717, 1.165) is 16.2 Å². The molecule has 12 heteroatoms. The number of aliphatic hydroxyl groups excluding tert-OH is 1. The molecular formula is C22H13N3O7S2. The largest absolute Gasteiger partial charge is 0.503 e. The molecule has 1 aromatic carbocycles. The summed E-state index contributed by atoms with van der Waals surface area (Å²) in [6, 6.07) is 11.2. The molecule has 0 radical (unpaired) electrons. The Morgan fingerprint density at radius 1 is 1.15 bits per heavy atom. The Hall–Kier alpha value is -4.16. The molecule has 4 heterocycles. The fourth-order valence-electron chi connectivity index (χ4n) is 3.45. The van der Waals surface area contributed by atoms with E-state index in [0.29, 0.717) is 4.21 Å². The number of furan rings is 2. The second-order valence-electron chi connectivity index (χ2n) is 6.98. The van der Waals surface area contributed by atoms with Crippen LogP contribution in [0.15, 0.2) is 96.5 Å². The zero-order valence-electron chi connectivity index (χ0n) is 17.0. The van der Waals surface area contributed by atoms with Gasteiger partial charge in [0.05, 0.1) is 33.4 Å². The van der Waals surface area contributed by atoms with E-state index in [1.54, 1.807) is 30.5 Å². The lowest BCUT2D eigenvalue weighted by Gasteiger charge is -2.21. The molecule has 170 valence electrons. The van der Waals surface area contributed by atoms with Crippen LogP contribution in [0.5, 0.6) is 0 Å². The van der Waals surface area contributed by atoms with Crippen molar-refractivity contribution in [1.82, 2.24) is 4.98 Å². The summed E-state index contributed by atoms with van der Waals surface area (Å²) in [6.07, 6.45) is 4.27. The van der Waals surface area contributed by atoms with E-state index in [4.69, 9.17) is 8.83 Å². The molecule has 4 aromatic rings. The second kappa shape index (κ2) is 8.65. The number of non-ortho nitro benzene ring substituents is 1. The van der Waals surface area contributed by atoms with Crippen molar-refractivity contribution in [3.05, 3.63) is 100 Å². The Labute approximate surface area is 199 Å². The zero-order valence-corrected chi connectivity index (χ0v) is 18.6. The van der Waals surface area contributed by atoms with Crippen LogP contribution in [-0.2, 0) is 4.79 Å². The number of benzene rings is 1. The lowest BCUT2D eigenvalue weighted by molar-refractivity contribution is -0.384. The molecule has 3 aromatic heterocycles. The first kappa shape index (κ1) is 21.7. The number of carbonyl (C=O) groups is 2. The molecular weight excluding hydrogens is 482 g/mol.